The van der Waals surface area contributed by atoms with Crippen molar-refractivity contribution in [2.45, 2.75) is 52.4 Å². The number of guanidine groups is 1. The summed E-state index contributed by atoms with van der Waals surface area (Å²) in [5, 5.41) is 6.75. The van der Waals surface area contributed by atoms with Crippen LogP contribution in [0.15, 0.2) is 39.9 Å². The second-order valence-corrected chi connectivity index (χ2v) is 8.18. The molecule has 0 bridgehead atoms. The molecule has 1 heterocycles. The first-order valence-electron chi connectivity index (χ1n) is 11.4. The summed E-state index contributed by atoms with van der Waals surface area (Å²) in [4.78, 5) is 9.41. The first-order chi connectivity index (χ1) is 15.1. The van der Waals surface area contributed by atoms with Gasteiger partial charge in [-0.05, 0) is 62.8 Å². The maximum absolute atomic E-state index is 13.1. The third kappa shape index (κ3) is 8.03. The topological polar surface area (TPSA) is 71.7 Å². The third-order valence-corrected chi connectivity index (χ3v) is 5.88. The molecule has 0 atom stereocenters. The summed E-state index contributed by atoms with van der Waals surface area (Å²) in [6.45, 7) is 8.05. The molecule has 0 unspecified atom stereocenters. The van der Waals surface area contributed by atoms with Gasteiger partial charge in [0.05, 0.1) is 5.69 Å². The van der Waals surface area contributed by atoms with Crippen molar-refractivity contribution in [1.82, 2.24) is 15.6 Å². The predicted molar refractivity (Wildman–Crippen MR) is 137 cm³/mol. The van der Waals surface area contributed by atoms with Crippen LogP contribution >= 0.6 is 24.0 Å². The Morgan fingerprint density at radius 2 is 1.94 bits per heavy atom. The van der Waals surface area contributed by atoms with Crippen molar-refractivity contribution in [2.75, 3.05) is 32.8 Å². The molecule has 178 valence electrons. The van der Waals surface area contributed by atoms with E-state index in [1.54, 1.807) is 18.4 Å². The molecule has 8 heteroatoms. The van der Waals surface area contributed by atoms with E-state index < -0.39 is 0 Å². The number of aliphatic imine (C=N–C) groups is 1. The fourth-order valence-corrected chi connectivity index (χ4v) is 4.09. The molecule has 1 aliphatic rings. The molecule has 1 fully saturated rings. The van der Waals surface area contributed by atoms with Crippen LogP contribution in [-0.4, -0.2) is 43.8 Å². The Balaban J connectivity index is 0.00000363. The van der Waals surface area contributed by atoms with Crippen molar-refractivity contribution in [2.24, 2.45) is 10.4 Å². The zero-order chi connectivity index (χ0) is 21.9. The number of aromatic nitrogens is 1. The van der Waals surface area contributed by atoms with Gasteiger partial charge in [-0.3, -0.25) is 4.99 Å². The van der Waals surface area contributed by atoms with E-state index in [-0.39, 0.29) is 35.2 Å². The first kappa shape index (κ1) is 26.6. The lowest BCUT2D eigenvalue weighted by Gasteiger charge is -2.27. The molecule has 3 rings (SSSR count). The Morgan fingerprint density at radius 1 is 1.19 bits per heavy atom. The largest absolute Gasteiger partial charge is 0.444 e. The summed E-state index contributed by atoms with van der Waals surface area (Å²) < 4.78 is 24.3. The van der Waals surface area contributed by atoms with Crippen molar-refractivity contribution in [3.8, 4) is 11.5 Å². The number of rotatable bonds is 11. The standard InChI is InChI=1S/C24H35FN4O2.HI/c1-3-26-23(28-18-24(12-5-6-13-24)14-16-30-4-2)27-15-11-21-17-31-22(29-21)19-7-9-20(25)10-8-19;/h7-10,17H,3-6,11-16,18H2,1-2H3,(H2,26,27,28);1H. The molecule has 0 radical (unpaired) electrons. The van der Waals surface area contributed by atoms with Gasteiger partial charge in [-0.1, -0.05) is 12.8 Å². The molecular formula is C24H36FIN4O2. The van der Waals surface area contributed by atoms with Crippen LogP contribution in [0.25, 0.3) is 11.5 Å². The number of nitrogens with one attached hydrogen (secondary N) is 2. The van der Waals surface area contributed by atoms with Gasteiger partial charge in [0.2, 0.25) is 5.89 Å². The summed E-state index contributed by atoms with van der Waals surface area (Å²) in [5.74, 6) is 1.08. The van der Waals surface area contributed by atoms with Crippen LogP contribution in [0.2, 0.25) is 0 Å². The highest BCUT2D eigenvalue weighted by molar-refractivity contribution is 14.0. The fraction of sp³-hybridized carbons (Fsp3) is 0.583. The summed E-state index contributed by atoms with van der Waals surface area (Å²) in [5.41, 5.74) is 1.89. The van der Waals surface area contributed by atoms with Crippen LogP contribution in [0.3, 0.4) is 0 Å². The molecule has 32 heavy (non-hydrogen) atoms. The minimum absolute atomic E-state index is 0. The molecule has 6 nitrogen and oxygen atoms in total. The molecule has 1 aromatic heterocycles. The average Bonchev–Trinajstić information content (AvgIpc) is 3.43. The van der Waals surface area contributed by atoms with Crippen LogP contribution in [0.1, 0.15) is 51.6 Å². The number of ether oxygens (including phenoxy) is 1. The molecule has 0 spiro atoms. The van der Waals surface area contributed by atoms with E-state index in [4.69, 9.17) is 14.1 Å². The minimum atomic E-state index is -0.271. The van der Waals surface area contributed by atoms with Gasteiger partial charge < -0.3 is 19.8 Å². The zero-order valence-corrected chi connectivity index (χ0v) is 21.5. The van der Waals surface area contributed by atoms with Crippen LogP contribution in [-0.2, 0) is 11.2 Å². The summed E-state index contributed by atoms with van der Waals surface area (Å²) in [6, 6.07) is 6.16. The van der Waals surface area contributed by atoms with Crippen LogP contribution in [0, 0.1) is 11.2 Å². The molecule has 2 N–H and O–H groups in total. The van der Waals surface area contributed by atoms with Gasteiger partial charge in [-0.15, -0.1) is 24.0 Å². The van der Waals surface area contributed by atoms with Gasteiger partial charge in [-0.2, -0.15) is 0 Å². The van der Waals surface area contributed by atoms with E-state index in [0.717, 1.165) is 49.9 Å². The quantitative estimate of drug-likeness (QED) is 0.172. The molecular weight excluding hydrogens is 522 g/mol. The molecule has 1 aromatic carbocycles. The molecule has 1 aliphatic carbocycles. The van der Waals surface area contributed by atoms with Crippen molar-refractivity contribution < 1.29 is 13.5 Å². The Labute approximate surface area is 207 Å². The Bertz CT molecular complexity index is 820. The van der Waals surface area contributed by atoms with Gasteiger partial charge in [0, 0.05) is 44.8 Å². The average molecular weight is 558 g/mol. The molecule has 1 saturated carbocycles. The predicted octanol–water partition coefficient (Wildman–Crippen LogP) is 5.18. The monoisotopic (exact) mass is 558 g/mol. The second-order valence-electron chi connectivity index (χ2n) is 8.18. The molecule has 0 saturated heterocycles. The SMILES string of the molecule is CCNC(=NCC1(CCOCC)CCCC1)NCCc1coc(-c2ccc(F)cc2)n1.I. The van der Waals surface area contributed by atoms with E-state index in [1.165, 1.54) is 37.8 Å². The third-order valence-electron chi connectivity index (χ3n) is 5.88. The number of hydrogen-bond donors (Lipinski definition) is 2. The summed E-state index contributed by atoms with van der Waals surface area (Å²) in [6.07, 6.45) is 8.48. The Hall–Kier alpha value is -1.68. The van der Waals surface area contributed by atoms with Crippen molar-refractivity contribution >= 4 is 29.9 Å². The van der Waals surface area contributed by atoms with E-state index in [0.29, 0.717) is 18.9 Å². The normalized spacial score (nSPS) is 15.4. The number of hydrogen-bond acceptors (Lipinski definition) is 4. The van der Waals surface area contributed by atoms with Crippen molar-refractivity contribution in [3.63, 3.8) is 0 Å². The van der Waals surface area contributed by atoms with Crippen LogP contribution < -0.4 is 10.6 Å². The summed E-state index contributed by atoms with van der Waals surface area (Å²) >= 11 is 0. The van der Waals surface area contributed by atoms with Gasteiger partial charge >= 0.3 is 0 Å². The lowest BCUT2D eigenvalue weighted by atomic mass is 9.83. The van der Waals surface area contributed by atoms with E-state index in [1.807, 2.05) is 6.92 Å². The lowest BCUT2D eigenvalue weighted by Crippen LogP contribution is -2.39. The lowest BCUT2D eigenvalue weighted by molar-refractivity contribution is 0.107. The fourth-order valence-electron chi connectivity index (χ4n) is 4.09. The van der Waals surface area contributed by atoms with Crippen molar-refractivity contribution in [3.05, 3.63) is 42.0 Å². The van der Waals surface area contributed by atoms with Gasteiger partial charge in [0.15, 0.2) is 5.96 Å². The highest BCUT2D eigenvalue weighted by Gasteiger charge is 2.33. The van der Waals surface area contributed by atoms with E-state index in [2.05, 4.69) is 22.5 Å². The highest BCUT2D eigenvalue weighted by Crippen LogP contribution is 2.41. The smallest absolute Gasteiger partial charge is 0.226 e. The van der Waals surface area contributed by atoms with Gasteiger partial charge in [0.1, 0.15) is 12.1 Å². The van der Waals surface area contributed by atoms with Crippen molar-refractivity contribution in [1.29, 1.82) is 0 Å². The minimum Gasteiger partial charge on any atom is -0.444 e. The Morgan fingerprint density at radius 3 is 2.62 bits per heavy atom. The highest BCUT2D eigenvalue weighted by atomic mass is 127. The maximum Gasteiger partial charge on any atom is 0.226 e. The summed E-state index contributed by atoms with van der Waals surface area (Å²) in [7, 11) is 0. The second kappa shape index (κ2) is 13.8. The van der Waals surface area contributed by atoms with Gasteiger partial charge in [-0.25, -0.2) is 9.37 Å². The Kier molecular flexibility index (Phi) is 11.4. The molecule has 0 amide bonds. The number of benzene rings is 1. The maximum atomic E-state index is 13.1. The van der Waals surface area contributed by atoms with Gasteiger partial charge in [0.25, 0.3) is 0 Å². The van der Waals surface area contributed by atoms with Crippen LogP contribution in [0.4, 0.5) is 4.39 Å². The first-order valence-corrected chi connectivity index (χ1v) is 11.4. The van der Waals surface area contributed by atoms with Crippen LogP contribution in [0.5, 0.6) is 0 Å². The zero-order valence-electron chi connectivity index (χ0n) is 19.2. The van der Waals surface area contributed by atoms with E-state index >= 15 is 0 Å². The molecule has 2 aromatic rings. The number of halogens is 2. The number of oxazole rings is 1. The number of nitrogens with zero attached hydrogens (tertiary/aromatic N) is 2. The molecule has 0 aliphatic heterocycles. The van der Waals surface area contributed by atoms with E-state index in [9.17, 15) is 4.39 Å².